The van der Waals surface area contributed by atoms with Crippen LogP contribution in [0.4, 0.5) is 23.0 Å². The largest absolute Gasteiger partial charge is 0.356 e. The number of hydrazine groups is 2. The molecule has 0 atom stereocenters. The Morgan fingerprint density at radius 1 is 0.788 bits per heavy atom. The van der Waals surface area contributed by atoms with Crippen LogP contribution >= 0.6 is 11.6 Å². The Bertz CT molecular complexity index is 1250. The number of hydrogen-bond donors (Lipinski definition) is 4. The summed E-state index contributed by atoms with van der Waals surface area (Å²) in [5.41, 5.74) is 7.54. The van der Waals surface area contributed by atoms with Crippen molar-refractivity contribution in [1.82, 2.24) is 20.8 Å². The summed E-state index contributed by atoms with van der Waals surface area (Å²) in [5.74, 6) is -2.47. The smallest absolute Gasteiger partial charge is 0.276 e. The zero-order valence-electron chi connectivity index (χ0n) is 16.3. The van der Waals surface area contributed by atoms with Crippen molar-refractivity contribution in [3.05, 3.63) is 91.2 Å². The lowest BCUT2D eigenvalue weighted by atomic mass is 10.2. The molecule has 2 aromatic carbocycles. The van der Waals surface area contributed by atoms with Gasteiger partial charge in [-0.15, -0.1) is 0 Å². The predicted molar refractivity (Wildman–Crippen MR) is 115 cm³/mol. The highest BCUT2D eigenvalue weighted by molar-refractivity contribution is 6.33. The van der Waals surface area contributed by atoms with Crippen LogP contribution in [0.1, 0.15) is 20.7 Å². The molecule has 0 aliphatic rings. The van der Waals surface area contributed by atoms with E-state index in [0.29, 0.717) is 0 Å². The molecule has 0 saturated heterocycles. The standard InChI is InChI=1S/C18H13ClN8O6/c19-12-7-3-1-5-10(12)17(28)24-22-15-14(27(32)33)16(21-9-20-15)23-25-18(29)11-6-2-4-8-13(11)26(30)31/h1-9H,(H,24,28)(H,25,29)(H2,20,21,22,23). The third-order valence-electron chi connectivity index (χ3n) is 4.06. The summed E-state index contributed by atoms with van der Waals surface area (Å²) in [5, 5.41) is 22.8. The highest BCUT2D eigenvalue weighted by Gasteiger charge is 2.25. The number of rotatable bonds is 8. The monoisotopic (exact) mass is 472 g/mol. The molecule has 2 amide bonds. The fourth-order valence-electron chi connectivity index (χ4n) is 2.57. The van der Waals surface area contributed by atoms with Crippen molar-refractivity contribution in [2.45, 2.75) is 0 Å². The van der Waals surface area contributed by atoms with Crippen LogP contribution in [-0.4, -0.2) is 31.6 Å². The molecular weight excluding hydrogens is 460 g/mol. The van der Waals surface area contributed by atoms with Gasteiger partial charge in [0.1, 0.15) is 11.9 Å². The zero-order valence-corrected chi connectivity index (χ0v) is 17.1. The van der Waals surface area contributed by atoms with Gasteiger partial charge < -0.3 is 0 Å². The summed E-state index contributed by atoms with van der Waals surface area (Å²) in [7, 11) is 0. The molecule has 1 aromatic heterocycles. The number of anilines is 2. The Morgan fingerprint density at radius 2 is 1.30 bits per heavy atom. The Labute approximate surface area is 189 Å². The number of para-hydroxylation sites is 1. The number of nitro groups is 2. The molecule has 0 aliphatic carbocycles. The molecule has 0 unspecified atom stereocenters. The predicted octanol–water partition coefficient (Wildman–Crippen LogP) is 2.46. The fourth-order valence-corrected chi connectivity index (χ4v) is 2.79. The van der Waals surface area contributed by atoms with Gasteiger partial charge in [-0.2, -0.15) is 0 Å². The van der Waals surface area contributed by atoms with Gasteiger partial charge in [-0.1, -0.05) is 35.9 Å². The lowest BCUT2D eigenvalue weighted by Crippen LogP contribution is -2.32. The van der Waals surface area contributed by atoms with Crippen molar-refractivity contribution >= 4 is 46.4 Å². The van der Waals surface area contributed by atoms with E-state index >= 15 is 0 Å². The molecule has 0 spiro atoms. The minimum absolute atomic E-state index is 0.110. The number of carbonyl (C=O) groups excluding carboxylic acids is 2. The van der Waals surface area contributed by atoms with Crippen molar-refractivity contribution in [1.29, 1.82) is 0 Å². The van der Waals surface area contributed by atoms with E-state index < -0.39 is 44.7 Å². The Morgan fingerprint density at radius 3 is 1.85 bits per heavy atom. The highest BCUT2D eigenvalue weighted by Crippen LogP contribution is 2.28. The fraction of sp³-hybridized carbons (Fsp3) is 0. The van der Waals surface area contributed by atoms with Crippen molar-refractivity contribution in [2.75, 3.05) is 10.9 Å². The maximum Gasteiger partial charge on any atom is 0.356 e. The Kier molecular flexibility index (Phi) is 6.90. The van der Waals surface area contributed by atoms with Crippen LogP contribution in [0.3, 0.4) is 0 Å². The molecule has 14 nitrogen and oxygen atoms in total. The molecule has 0 radical (unpaired) electrons. The van der Waals surface area contributed by atoms with Crippen LogP contribution in [0.2, 0.25) is 5.02 Å². The lowest BCUT2D eigenvalue weighted by Gasteiger charge is -2.12. The normalized spacial score (nSPS) is 10.1. The Balaban J connectivity index is 1.77. The molecule has 15 heteroatoms. The van der Waals surface area contributed by atoms with Gasteiger partial charge in [-0.25, -0.2) is 9.97 Å². The van der Waals surface area contributed by atoms with Crippen LogP contribution in [0.25, 0.3) is 0 Å². The number of halogens is 1. The van der Waals surface area contributed by atoms with Crippen LogP contribution in [-0.2, 0) is 0 Å². The Hall–Kier alpha value is -4.85. The van der Waals surface area contributed by atoms with E-state index in [0.717, 1.165) is 12.4 Å². The second kappa shape index (κ2) is 9.97. The minimum atomic E-state index is -0.934. The van der Waals surface area contributed by atoms with Crippen molar-refractivity contribution in [3.8, 4) is 0 Å². The van der Waals surface area contributed by atoms with Crippen molar-refractivity contribution in [3.63, 3.8) is 0 Å². The number of hydrogen-bond acceptors (Lipinski definition) is 10. The molecule has 33 heavy (non-hydrogen) atoms. The molecule has 168 valence electrons. The zero-order chi connectivity index (χ0) is 24.0. The van der Waals surface area contributed by atoms with E-state index in [1.165, 1.54) is 30.3 Å². The number of nitrogens with zero attached hydrogens (tertiary/aromatic N) is 4. The molecule has 3 aromatic rings. The minimum Gasteiger partial charge on any atom is -0.276 e. The van der Waals surface area contributed by atoms with E-state index in [2.05, 4.69) is 31.7 Å². The number of aromatic nitrogens is 2. The summed E-state index contributed by atoms with van der Waals surface area (Å²) in [6.45, 7) is 0. The van der Waals surface area contributed by atoms with Gasteiger partial charge in [0.05, 0.1) is 20.4 Å². The second-order valence-corrected chi connectivity index (χ2v) is 6.50. The van der Waals surface area contributed by atoms with Gasteiger partial charge in [0.2, 0.25) is 11.6 Å². The quantitative estimate of drug-likeness (QED) is 0.279. The SMILES string of the molecule is O=C(NNc1ncnc(NNC(=O)c2ccccc2[N+](=O)[O-])c1[N+](=O)[O-])c1ccccc1Cl. The number of nitro benzene ring substituents is 1. The number of amides is 2. The summed E-state index contributed by atoms with van der Waals surface area (Å²) in [6, 6.07) is 11.3. The third-order valence-corrected chi connectivity index (χ3v) is 4.39. The summed E-state index contributed by atoms with van der Waals surface area (Å²) < 4.78 is 0. The third kappa shape index (κ3) is 5.26. The first-order valence-electron chi connectivity index (χ1n) is 8.89. The molecule has 0 fully saturated rings. The van der Waals surface area contributed by atoms with E-state index in [9.17, 15) is 29.8 Å². The average molecular weight is 473 g/mol. The number of benzene rings is 2. The average Bonchev–Trinajstić information content (AvgIpc) is 2.81. The second-order valence-electron chi connectivity index (χ2n) is 6.09. The first-order chi connectivity index (χ1) is 15.8. The summed E-state index contributed by atoms with van der Waals surface area (Å²) in [6.07, 6.45) is 0.927. The first kappa shape index (κ1) is 22.8. The lowest BCUT2D eigenvalue weighted by molar-refractivity contribution is -0.385. The molecule has 1 heterocycles. The van der Waals surface area contributed by atoms with E-state index in [-0.39, 0.29) is 16.1 Å². The van der Waals surface area contributed by atoms with E-state index in [1.807, 2.05) is 0 Å². The van der Waals surface area contributed by atoms with Gasteiger partial charge in [-0.05, 0) is 18.2 Å². The summed E-state index contributed by atoms with van der Waals surface area (Å²) in [4.78, 5) is 53.1. The van der Waals surface area contributed by atoms with Gasteiger partial charge in [0.15, 0.2) is 0 Å². The van der Waals surface area contributed by atoms with Gasteiger partial charge >= 0.3 is 5.69 Å². The van der Waals surface area contributed by atoms with E-state index in [1.54, 1.807) is 12.1 Å². The van der Waals surface area contributed by atoms with Crippen LogP contribution in [0.15, 0.2) is 54.9 Å². The maximum absolute atomic E-state index is 12.3. The van der Waals surface area contributed by atoms with Crippen LogP contribution in [0.5, 0.6) is 0 Å². The summed E-state index contributed by atoms with van der Waals surface area (Å²) >= 11 is 5.95. The van der Waals surface area contributed by atoms with Crippen LogP contribution in [0, 0.1) is 20.2 Å². The maximum atomic E-state index is 12.3. The highest BCUT2D eigenvalue weighted by atomic mass is 35.5. The molecular formula is C18H13ClN8O6. The number of carbonyl (C=O) groups is 2. The molecule has 0 aliphatic heterocycles. The van der Waals surface area contributed by atoms with Crippen molar-refractivity contribution in [2.24, 2.45) is 0 Å². The van der Waals surface area contributed by atoms with Gasteiger partial charge in [0, 0.05) is 6.07 Å². The molecule has 0 saturated carbocycles. The van der Waals surface area contributed by atoms with Crippen LogP contribution < -0.4 is 21.7 Å². The topological polar surface area (TPSA) is 194 Å². The van der Waals surface area contributed by atoms with Crippen molar-refractivity contribution < 1.29 is 19.4 Å². The molecule has 0 bridgehead atoms. The number of nitrogens with one attached hydrogen (secondary N) is 4. The molecule has 3 rings (SSSR count). The molecule has 4 N–H and O–H groups in total. The van der Waals surface area contributed by atoms with Gasteiger partial charge in [0.25, 0.3) is 17.5 Å². The van der Waals surface area contributed by atoms with E-state index in [4.69, 9.17) is 11.6 Å². The first-order valence-corrected chi connectivity index (χ1v) is 9.27. The van der Waals surface area contributed by atoms with Gasteiger partial charge in [-0.3, -0.25) is 51.5 Å².